The number of rotatable bonds is 5. The van der Waals surface area contributed by atoms with Gasteiger partial charge in [0.2, 0.25) is 15.9 Å². The van der Waals surface area contributed by atoms with Crippen LogP contribution in [-0.4, -0.2) is 20.9 Å². The summed E-state index contributed by atoms with van der Waals surface area (Å²) in [7, 11) is -3.54. The molecule has 0 heterocycles. The maximum atomic E-state index is 11.7. The highest BCUT2D eigenvalue weighted by Crippen LogP contribution is 2.10. The number of nitrogens with one attached hydrogen (secondary N) is 1. The summed E-state index contributed by atoms with van der Waals surface area (Å²) in [6, 6.07) is 5.65. The number of primary amides is 1. The monoisotopic (exact) mass is 242 g/mol. The summed E-state index contributed by atoms with van der Waals surface area (Å²) in [6.07, 6.45) is 0.703. The minimum atomic E-state index is -3.54. The van der Waals surface area contributed by atoms with Gasteiger partial charge in [0.25, 0.3) is 0 Å². The number of hydrogen-bond donors (Lipinski definition) is 2. The van der Waals surface area contributed by atoms with Gasteiger partial charge in [0, 0.05) is 12.1 Å². The van der Waals surface area contributed by atoms with Crippen LogP contribution in [0.5, 0.6) is 0 Å². The maximum absolute atomic E-state index is 11.7. The molecular weight excluding hydrogens is 228 g/mol. The van der Waals surface area contributed by atoms with Gasteiger partial charge in [-0.1, -0.05) is 13.0 Å². The second kappa shape index (κ2) is 5.09. The predicted octanol–water partition coefficient (Wildman–Crippen LogP) is 0.474. The summed E-state index contributed by atoms with van der Waals surface area (Å²) >= 11 is 0. The summed E-state index contributed by atoms with van der Waals surface area (Å²) in [5.41, 5.74) is 5.25. The fourth-order valence-electron chi connectivity index (χ4n) is 1.14. The van der Waals surface area contributed by atoms with Crippen LogP contribution in [0.15, 0.2) is 29.2 Å². The van der Waals surface area contributed by atoms with Crippen LogP contribution < -0.4 is 10.5 Å². The molecule has 0 saturated heterocycles. The summed E-state index contributed by atoms with van der Waals surface area (Å²) in [5.74, 6) is -0.646. The molecule has 1 aromatic rings. The number of benzene rings is 1. The molecule has 0 aliphatic carbocycles. The van der Waals surface area contributed by atoms with Gasteiger partial charge in [0.05, 0.1) is 4.90 Å². The van der Waals surface area contributed by atoms with Crippen molar-refractivity contribution in [2.45, 2.75) is 18.2 Å². The number of hydrogen-bond acceptors (Lipinski definition) is 3. The zero-order chi connectivity index (χ0) is 12.2. The molecule has 1 aromatic carbocycles. The normalized spacial score (nSPS) is 11.3. The zero-order valence-electron chi connectivity index (χ0n) is 8.93. The van der Waals surface area contributed by atoms with E-state index in [1.54, 1.807) is 0 Å². The van der Waals surface area contributed by atoms with Crippen molar-refractivity contribution in [3.8, 4) is 0 Å². The number of carbonyl (C=O) groups is 1. The standard InChI is InChI=1S/C10H14N2O3S/c1-2-6-12-16(14,15)9-5-3-4-8(7-9)10(11)13/h3-5,7,12H,2,6H2,1H3,(H2,11,13). The van der Waals surface area contributed by atoms with Crippen molar-refractivity contribution in [1.82, 2.24) is 4.72 Å². The highest BCUT2D eigenvalue weighted by Gasteiger charge is 2.14. The molecule has 0 bridgehead atoms. The average Bonchev–Trinajstić information content (AvgIpc) is 2.26. The van der Waals surface area contributed by atoms with Crippen LogP contribution in [0.2, 0.25) is 0 Å². The molecule has 16 heavy (non-hydrogen) atoms. The van der Waals surface area contributed by atoms with Crippen molar-refractivity contribution in [2.24, 2.45) is 5.73 Å². The van der Waals surface area contributed by atoms with E-state index in [0.717, 1.165) is 0 Å². The SMILES string of the molecule is CCCNS(=O)(=O)c1cccc(C(N)=O)c1. The fraction of sp³-hybridized carbons (Fsp3) is 0.300. The molecule has 0 aromatic heterocycles. The second-order valence-corrected chi connectivity index (χ2v) is 5.06. The van der Waals surface area contributed by atoms with Gasteiger partial charge < -0.3 is 5.73 Å². The Bertz CT molecular complexity index is 483. The summed E-state index contributed by atoms with van der Waals surface area (Å²) in [5, 5.41) is 0. The van der Waals surface area contributed by atoms with E-state index in [1.807, 2.05) is 6.92 Å². The van der Waals surface area contributed by atoms with E-state index in [4.69, 9.17) is 5.73 Å². The van der Waals surface area contributed by atoms with Gasteiger partial charge in [-0.25, -0.2) is 13.1 Å². The Labute approximate surface area is 94.7 Å². The Morgan fingerprint density at radius 2 is 2.12 bits per heavy atom. The molecule has 0 fully saturated rings. The first-order chi connectivity index (χ1) is 7.47. The highest BCUT2D eigenvalue weighted by atomic mass is 32.2. The van der Waals surface area contributed by atoms with Gasteiger partial charge in [0.15, 0.2) is 0 Å². The first-order valence-corrected chi connectivity index (χ1v) is 6.35. The summed E-state index contributed by atoms with van der Waals surface area (Å²) in [4.78, 5) is 11.0. The van der Waals surface area contributed by atoms with Crippen molar-refractivity contribution in [1.29, 1.82) is 0 Å². The first kappa shape index (κ1) is 12.7. The Morgan fingerprint density at radius 3 is 2.69 bits per heavy atom. The first-order valence-electron chi connectivity index (χ1n) is 4.87. The van der Waals surface area contributed by atoms with Gasteiger partial charge in [-0.3, -0.25) is 4.79 Å². The van der Waals surface area contributed by atoms with Crippen molar-refractivity contribution in [3.05, 3.63) is 29.8 Å². The van der Waals surface area contributed by atoms with E-state index < -0.39 is 15.9 Å². The third kappa shape index (κ3) is 3.04. The molecule has 6 heteroatoms. The van der Waals surface area contributed by atoms with Crippen LogP contribution in [0.4, 0.5) is 0 Å². The van der Waals surface area contributed by atoms with E-state index in [9.17, 15) is 13.2 Å². The Balaban J connectivity index is 3.04. The Kier molecular flexibility index (Phi) is 4.03. The second-order valence-electron chi connectivity index (χ2n) is 3.29. The molecule has 0 aliphatic rings. The lowest BCUT2D eigenvalue weighted by Gasteiger charge is -2.06. The molecule has 5 nitrogen and oxygen atoms in total. The van der Waals surface area contributed by atoms with Gasteiger partial charge in [0.1, 0.15) is 0 Å². The molecule has 88 valence electrons. The third-order valence-corrected chi connectivity index (χ3v) is 3.43. The van der Waals surface area contributed by atoms with Crippen LogP contribution in [0.3, 0.4) is 0 Å². The lowest BCUT2D eigenvalue weighted by atomic mass is 10.2. The molecule has 0 aliphatic heterocycles. The van der Waals surface area contributed by atoms with Crippen molar-refractivity contribution in [2.75, 3.05) is 6.54 Å². The molecular formula is C10H14N2O3S. The Morgan fingerprint density at radius 1 is 1.44 bits per heavy atom. The number of sulfonamides is 1. The average molecular weight is 242 g/mol. The van der Waals surface area contributed by atoms with Crippen LogP contribution >= 0.6 is 0 Å². The summed E-state index contributed by atoms with van der Waals surface area (Å²) in [6.45, 7) is 2.23. The van der Waals surface area contributed by atoms with Crippen molar-refractivity contribution in [3.63, 3.8) is 0 Å². The van der Waals surface area contributed by atoms with E-state index in [1.165, 1.54) is 24.3 Å². The summed E-state index contributed by atoms with van der Waals surface area (Å²) < 4.78 is 25.8. The third-order valence-electron chi connectivity index (χ3n) is 1.97. The largest absolute Gasteiger partial charge is 0.366 e. The minimum Gasteiger partial charge on any atom is -0.366 e. The highest BCUT2D eigenvalue weighted by molar-refractivity contribution is 7.89. The molecule has 3 N–H and O–H groups in total. The van der Waals surface area contributed by atoms with Crippen LogP contribution in [0.25, 0.3) is 0 Å². The molecule has 1 rings (SSSR count). The van der Waals surface area contributed by atoms with Crippen LogP contribution in [0, 0.1) is 0 Å². The van der Waals surface area contributed by atoms with Crippen molar-refractivity contribution < 1.29 is 13.2 Å². The molecule has 0 atom stereocenters. The topological polar surface area (TPSA) is 89.3 Å². The number of carbonyl (C=O) groups excluding carboxylic acids is 1. The molecule has 0 spiro atoms. The smallest absolute Gasteiger partial charge is 0.248 e. The molecule has 0 radical (unpaired) electrons. The minimum absolute atomic E-state index is 0.0530. The molecule has 1 amide bonds. The van der Waals surface area contributed by atoms with Gasteiger partial charge in [-0.2, -0.15) is 0 Å². The van der Waals surface area contributed by atoms with E-state index in [-0.39, 0.29) is 10.5 Å². The molecule has 0 saturated carbocycles. The van der Waals surface area contributed by atoms with Crippen molar-refractivity contribution >= 4 is 15.9 Å². The van der Waals surface area contributed by atoms with Crippen LogP contribution in [0.1, 0.15) is 23.7 Å². The fourth-order valence-corrected chi connectivity index (χ4v) is 2.32. The van der Waals surface area contributed by atoms with E-state index >= 15 is 0 Å². The predicted molar refractivity (Wildman–Crippen MR) is 60.4 cm³/mol. The molecule has 0 unspecified atom stereocenters. The Hall–Kier alpha value is -1.40. The lowest BCUT2D eigenvalue weighted by molar-refractivity contribution is 0.1000. The van der Waals surface area contributed by atoms with Crippen LogP contribution in [-0.2, 0) is 10.0 Å². The van der Waals surface area contributed by atoms with Gasteiger partial charge >= 0.3 is 0 Å². The maximum Gasteiger partial charge on any atom is 0.248 e. The number of nitrogens with two attached hydrogens (primary N) is 1. The van der Waals surface area contributed by atoms with Gasteiger partial charge in [-0.05, 0) is 24.6 Å². The van der Waals surface area contributed by atoms with Gasteiger partial charge in [-0.15, -0.1) is 0 Å². The zero-order valence-corrected chi connectivity index (χ0v) is 9.75. The van der Waals surface area contributed by atoms with E-state index in [0.29, 0.717) is 13.0 Å². The van der Waals surface area contributed by atoms with E-state index in [2.05, 4.69) is 4.72 Å². The number of amides is 1. The quantitative estimate of drug-likeness (QED) is 0.786. The lowest BCUT2D eigenvalue weighted by Crippen LogP contribution is -2.24.